The van der Waals surface area contributed by atoms with Crippen molar-refractivity contribution in [3.8, 4) is 0 Å². The fraction of sp³-hybridized carbons (Fsp3) is 0.870. The molecule has 2 atom stereocenters. The molecule has 0 saturated carbocycles. The maximum absolute atomic E-state index is 12.3. The van der Waals surface area contributed by atoms with Crippen LogP contribution in [0.2, 0.25) is 0 Å². The summed E-state index contributed by atoms with van der Waals surface area (Å²) in [7, 11) is 0. The summed E-state index contributed by atoms with van der Waals surface area (Å²) in [5, 5.41) is 34.9. The molecule has 0 aromatic carbocycles. The van der Waals surface area contributed by atoms with Gasteiger partial charge >= 0.3 is 24.0 Å². The Morgan fingerprint density at radius 3 is 1.19 bits per heavy atom. The molecule has 68 heavy (non-hydrogen) atoms. The monoisotopic (exact) mass is 982 g/mol. The van der Waals surface area contributed by atoms with Gasteiger partial charge in [0.1, 0.15) is 18.7 Å². The number of carboxylic acid groups (broad SMARTS) is 3. The van der Waals surface area contributed by atoms with Gasteiger partial charge in [-0.1, -0.05) is 77.0 Å². The van der Waals surface area contributed by atoms with E-state index in [1.165, 1.54) is 44.9 Å². The Hall–Kier alpha value is -3.74. The molecule has 3 amide bonds. The van der Waals surface area contributed by atoms with Crippen LogP contribution in [-0.2, 0) is 61.9 Å². The molecule has 9 N–H and O–H groups in total. The van der Waals surface area contributed by atoms with Gasteiger partial charge in [0.2, 0.25) is 11.8 Å². The van der Waals surface area contributed by atoms with Crippen LogP contribution in [0, 0.1) is 0 Å². The minimum atomic E-state index is -1.17. The van der Waals surface area contributed by atoms with Gasteiger partial charge in [-0.2, -0.15) is 0 Å². The Morgan fingerprint density at radius 1 is 0.382 bits per heavy atom. The lowest BCUT2D eigenvalue weighted by Gasteiger charge is -2.14. The zero-order chi connectivity index (χ0) is 50.0. The Bertz CT molecular complexity index is 1260. The average Bonchev–Trinajstić information content (AvgIpc) is 3.30. The molecule has 22 heteroatoms. The zero-order valence-electron chi connectivity index (χ0n) is 40.7. The van der Waals surface area contributed by atoms with Crippen molar-refractivity contribution in [1.82, 2.24) is 21.4 Å². The van der Waals surface area contributed by atoms with E-state index >= 15 is 0 Å². The van der Waals surface area contributed by atoms with Crippen LogP contribution in [0.15, 0.2) is 0 Å². The quantitative estimate of drug-likeness (QED) is 0.0245. The molecule has 0 rings (SSSR count). The first kappa shape index (κ1) is 64.3. The third-order valence-electron chi connectivity index (χ3n) is 10.3. The largest absolute Gasteiger partial charge is 0.481 e. The molecule has 0 saturated heterocycles. The number of unbranched alkanes of at least 4 members (excludes halogenated alkanes) is 14. The average molecular weight is 982 g/mol. The highest BCUT2D eigenvalue weighted by atomic mass is 16.6. The molecule has 0 fully saturated rings. The maximum Gasteiger partial charge on any atom is 0.407 e. The van der Waals surface area contributed by atoms with Crippen LogP contribution in [0.25, 0.3) is 0 Å². The molecule has 398 valence electrons. The number of hydrogen-bond acceptors (Lipinski definition) is 16. The van der Waals surface area contributed by atoms with Crippen LogP contribution in [0.1, 0.15) is 135 Å². The normalized spacial score (nSPS) is 12.1. The Morgan fingerprint density at radius 2 is 0.779 bits per heavy atom. The summed E-state index contributed by atoms with van der Waals surface area (Å²) in [6.45, 7) is 5.87. The van der Waals surface area contributed by atoms with Gasteiger partial charge in [0.25, 0.3) is 0 Å². The van der Waals surface area contributed by atoms with Crippen LogP contribution >= 0.6 is 0 Å². The number of nitrogens with two attached hydrogens (primary N) is 1. The molecule has 0 heterocycles. The second-order valence-corrected chi connectivity index (χ2v) is 16.1. The number of carbonyl (C=O) groups is 6. The first-order valence-corrected chi connectivity index (χ1v) is 24.7. The van der Waals surface area contributed by atoms with Crippen LogP contribution in [-0.4, -0.2) is 175 Å². The van der Waals surface area contributed by atoms with Gasteiger partial charge in [-0.05, 0) is 38.5 Å². The first-order chi connectivity index (χ1) is 33.1. The smallest absolute Gasteiger partial charge is 0.407 e. The third-order valence-corrected chi connectivity index (χ3v) is 10.3. The lowest BCUT2D eigenvalue weighted by molar-refractivity contribution is -0.142. The van der Waals surface area contributed by atoms with E-state index in [-0.39, 0.29) is 63.9 Å². The minimum Gasteiger partial charge on any atom is -0.481 e. The predicted molar refractivity (Wildman–Crippen MR) is 251 cm³/mol. The number of alkyl carbamates (subject to hydrolysis) is 1. The van der Waals surface area contributed by atoms with Gasteiger partial charge in [-0.3, -0.25) is 25.0 Å². The summed E-state index contributed by atoms with van der Waals surface area (Å²) in [6, 6.07) is -1.93. The third kappa shape index (κ3) is 47.3. The molecule has 0 unspecified atom stereocenters. The number of rotatable bonds is 53. The lowest BCUT2D eigenvalue weighted by atomic mass is 10.0. The summed E-state index contributed by atoms with van der Waals surface area (Å²) in [5.41, 5.74) is 2.23. The highest BCUT2D eigenvalue weighted by Crippen LogP contribution is 2.14. The van der Waals surface area contributed by atoms with E-state index in [2.05, 4.69) is 21.4 Å². The van der Waals surface area contributed by atoms with Crippen molar-refractivity contribution in [3.05, 3.63) is 0 Å². The summed E-state index contributed by atoms with van der Waals surface area (Å²) < 4.78 is 43.1. The lowest BCUT2D eigenvalue weighted by Crippen LogP contribution is -2.41. The van der Waals surface area contributed by atoms with Crippen LogP contribution in [0.4, 0.5) is 4.79 Å². The molecule has 0 aliphatic rings. The van der Waals surface area contributed by atoms with Crippen LogP contribution in [0.3, 0.4) is 0 Å². The first-order valence-electron chi connectivity index (χ1n) is 24.7. The van der Waals surface area contributed by atoms with Crippen molar-refractivity contribution in [2.24, 2.45) is 5.84 Å². The van der Waals surface area contributed by atoms with Gasteiger partial charge in [0.05, 0.1) is 92.5 Å². The molecule has 22 nitrogen and oxygen atoms in total. The Balaban J connectivity index is 3.48. The van der Waals surface area contributed by atoms with Gasteiger partial charge in [-0.15, -0.1) is 0 Å². The van der Waals surface area contributed by atoms with Gasteiger partial charge in [0, 0.05) is 32.4 Å². The highest BCUT2D eigenvalue weighted by molar-refractivity contribution is 5.84. The van der Waals surface area contributed by atoms with Gasteiger partial charge in [0.15, 0.2) is 0 Å². The van der Waals surface area contributed by atoms with E-state index in [0.717, 1.165) is 38.5 Å². The van der Waals surface area contributed by atoms with Crippen LogP contribution < -0.4 is 27.2 Å². The van der Waals surface area contributed by atoms with Crippen LogP contribution in [0.5, 0.6) is 0 Å². The number of ether oxygens (including phenoxy) is 8. The number of carbonyl (C=O) groups excluding carboxylic acids is 3. The van der Waals surface area contributed by atoms with Crippen molar-refractivity contribution in [3.63, 3.8) is 0 Å². The molecule has 0 bridgehead atoms. The van der Waals surface area contributed by atoms with E-state index in [9.17, 15) is 33.9 Å². The van der Waals surface area contributed by atoms with Gasteiger partial charge in [-0.25, -0.2) is 15.0 Å². The van der Waals surface area contributed by atoms with Crippen molar-refractivity contribution in [2.75, 3.05) is 112 Å². The fourth-order valence-corrected chi connectivity index (χ4v) is 6.44. The number of carboxylic acids is 3. The highest BCUT2D eigenvalue weighted by Gasteiger charge is 2.21. The maximum atomic E-state index is 12.3. The number of nitrogens with one attached hydrogen (secondary N) is 4. The second-order valence-electron chi connectivity index (χ2n) is 16.1. The predicted octanol–water partition coefficient (Wildman–Crippen LogP) is 3.71. The molecule has 0 spiro atoms. The zero-order valence-corrected chi connectivity index (χ0v) is 40.7. The van der Waals surface area contributed by atoms with Crippen molar-refractivity contribution in [1.29, 1.82) is 0 Å². The summed E-state index contributed by atoms with van der Waals surface area (Å²) in [4.78, 5) is 69.3. The van der Waals surface area contributed by atoms with Crippen molar-refractivity contribution in [2.45, 2.75) is 147 Å². The summed E-state index contributed by atoms with van der Waals surface area (Å²) >= 11 is 0. The van der Waals surface area contributed by atoms with E-state index < -0.39 is 36.1 Å². The van der Waals surface area contributed by atoms with E-state index in [4.69, 9.17) is 54.0 Å². The minimum absolute atomic E-state index is 0.00239. The molecule has 0 aromatic heterocycles. The van der Waals surface area contributed by atoms with Gasteiger partial charge < -0.3 is 69.2 Å². The number of hydrazine groups is 1. The topological polar surface area (TPSA) is 311 Å². The van der Waals surface area contributed by atoms with Crippen molar-refractivity contribution >= 4 is 35.8 Å². The number of amides is 3. The van der Waals surface area contributed by atoms with E-state index in [1.54, 1.807) is 0 Å². The number of aliphatic carboxylic acids is 3. The Labute approximate surface area is 403 Å². The van der Waals surface area contributed by atoms with E-state index in [0.29, 0.717) is 112 Å². The van der Waals surface area contributed by atoms with E-state index in [1.807, 2.05) is 0 Å². The summed E-state index contributed by atoms with van der Waals surface area (Å²) in [5.74, 6) is 1.64. The molecular formula is C46H87N5O17. The second kappa shape index (κ2) is 49.7. The fourth-order valence-electron chi connectivity index (χ4n) is 6.44. The molecular weight excluding hydrogens is 895 g/mol. The SMILES string of the molecule is NN[C@@H](CCCCNC(=O)OCCOCCOCCOCCOCCOCCOCCOCCNC(=O)CC[C@H](NC(=O)CCCCCCCCCCCCCCCCC(=O)O)C(=O)O)C(=O)O. The Kier molecular flexibility index (Phi) is 46.9. The molecule has 0 aromatic rings. The number of hydrogen-bond donors (Lipinski definition) is 8. The molecule has 0 aliphatic carbocycles. The molecule has 0 radical (unpaired) electrons. The van der Waals surface area contributed by atoms with Crippen molar-refractivity contribution < 1.29 is 82.0 Å². The summed E-state index contributed by atoms with van der Waals surface area (Å²) in [6.07, 6.45) is 16.6. The molecule has 0 aliphatic heterocycles. The standard InChI is InChI=1S/C46H87N5O17/c47-51-40(45(58)59)17-15-16-22-49-46(60)68-38-37-67-36-35-66-34-33-65-32-31-64-30-29-63-28-27-62-26-25-61-24-23-48-41(52)21-20-39(44(56)57)50-42(53)18-13-11-9-7-5-3-1-2-4-6-8-10-12-14-19-43(54)55/h39-40,51H,1-38,47H2,(H,48,52)(H,49,60)(H,50,53)(H,54,55)(H,56,57)(H,58,59)/t39-,40-/m0/s1.